The number of pyridine rings is 1. The molecule has 0 fully saturated rings. The Morgan fingerprint density at radius 3 is 1.77 bits per heavy atom. The second-order valence-corrected chi connectivity index (χ2v) is 9.92. The highest BCUT2D eigenvalue weighted by molar-refractivity contribution is 14.1. The van der Waals surface area contributed by atoms with E-state index < -0.39 is 5.54 Å². The molecule has 2 heterocycles. The predicted octanol–water partition coefficient (Wildman–Crippen LogP) is 7.06. The molecule has 0 aliphatic rings. The molecular weight excluding hydrogens is 567 g/mol. The minimum absolute atomic E-state index is 0.427. The van der Waals surface area contributed by atoms with Crippen LogP contribution < -0.4 is 0 Å². The second kappa shape index (κ2) is 9.84. The fourth-order valence-electron chi connectivity index (χ4n) is 4.59. The molecule has 5 rings (SSSR count). The zero-order chi connectivity index (χ0) is 24.4. The molecule has 0 spiro atoms. The first-order valence-corrected chi connectivity index (χ1v) is 12.7. The van der Waals surface area contributed by atoms with Gasteiger partial charge in [0.05, 0.1) is 16.6 Å². The third-order valence-electron chi connectivity index (χ3n) is 6.04. The van der Waals surface area contributed by atoms with E-state index in [2.05, 4.69) is 105 Å². The van der Waals surface area contributed by atoms with Gasteiger partial charge in [0.2, 0.25) is 0 Å². The zero-order valence-corrected chi connectivity index (χ0v) is 22.4. The van der Waals surface area contributed by atoms with Crippen molar-refractivity contribution >= 4 is 51.2 Å². The zero-order valence-electron chi connectivity index (χ0n) is 19.4. The molecule has 0 unspecified atom stereocenters. The molecule has 0 aliphatic heterocycles. The maximum atomic E-state index is 6.61. The summed E-state index contributed by atoms with van der Waals surface area (Å²) in [5.74, 6) is 0. The SMILES string of the molecule is CN(C)C=Cc1nc(Cl)cc2c1c(I)nn2C(c1ccccc1)(c1ccccc1)c1ccccc1. The summed E-state index contributed by atoms with van der Waals surface area (Å²) >= 11 is 8.92. The lowest BCUT2D eigenvalue weighted by atomic mass is 9.77. The van der Waals surface area contributed by atoms with Gasteiger partial charge in [0.15, 0.2) is 0 Å². The van der Waals surface area contributed by atoms with Gasteiger partial charge in [-0.2, -0.15) is 5.10 Å². The molecule has 0 bridgehead atoms. The minimum Gasteiger partial charge on any atom is -0.383 e. The van der Waals surface area contributed by atoms with E-state index in [0.717, 1.165) is 37.0 Å². The summed E-state index contributed by atoms with van der Waals surface area (Å²) < 4.78 is 2.98. The van der Waals surface area contributed by atoms with Gasteiger partial charge in [-0.15, -0.1) is 0 Å². The molecule has 2 aromatic heterocycles. The Labute approximate surface area is 224 Å². The van der Waals surface area contributed by atoms with Crippen LogP contribution in [0.25, 0.3) is 17.0 Å². The maximum absolute atomic E-state index is 6.61. The molecule has 0 amide bonds. The summed E-state index contributed by atoms with van der Waals surface area (Å²) in [6.45, 7) is 0. The van der Waals surface area contributed by atoms with Crippen molar-refractivity contribution in [3.05, 3.63) is 134 Å². The lowest BCUT2D eigenvalue weighted by molar-refractivity contribution is 0.473. The summed E-state index contributed by atoms with van der Waals surface area (Å²) in [7, 11) is 3.97. The first kappa shape index (κ1) is 23.6. The molecule has 174 valence electrons. The van der Waals surface area contributed by atoms with E-state index in [1.54, 1.807) is 0 Å². The molecule has 5 aromatic rings. The van der Waals surface area contributed by atoms with E-state index in [4.69, 9.17) is 16.7 Å². The van der Waals surface area contributed by atoms with Crippen molar-refractivity contribution in [2.75, 3.05) is 14.1 Å². The normalized spacial score (nSPS) is 11.9. The number of halogens is 2. The molecule has 0 saturated carbocycles. The molecule has 0 radical (unpaired) electrons. The summed E-state index contributed by atoms with van der Waals surface area (Å²) in [6.07, 6.45) is 3.96. The number of benzene rings is 3. The van der Waals surface area contributed by atoms with Crippen LogP contribution in [0.3, 0.4) is 0 Å². The largest absolute Gasteiger partial charge is 0.383 e. The Morgan fingerprint density at radius 1 is 0.829 bits per heavy atom. The fourth-order valence-corrected chi connectivity index (χ4v) is 5.55. The van der Waals surface area contributed by atoms with Gasteiger partial charge in [-0.25, -0.2) is 9.67 Å². The molecule has 3 aromatic carbocycles. The van der Waals surface area contributed by atoms with Crippen LogP contribution in [0, 0.1) is 3.70 Å². The highest BCUT2D eigenvalue weighted by atomic mass is 127. The fraction of sp³-hybridized carbons (Fsp3) is 0.103. The lowest BCUT2D eigenvalue weighted by Crippen LogP contribution is -2.38. The third kappa shape index (κ3) is 4.23. The summed E-state index contributed by atoms with van der Waals surface area (Å²) in [5.41, 5.74) is 4.31. The van der Waals surface area contributed by atoms with E-state index in [1.807, 2.05) is 55.5 Å². The molecule has 4 nitrogen and oxygen atoms in total. The Bertz CT molecular complexity index is 1380. The number of fused-ring (bicyclic) bond motifs is 1. The summed E-state index contributed by atoms with van der Waals surface area (Å²) in [6, 6.07) is 33.5. The van der Waals surface area contributed by atoms with E-state index in [9.17, 15) is 0 Å². The van der Waals surface area contributed by atoms with Gasteiger partial charge in [0, 0.05) is 26.4 Å². The van der Waals surface area contributed by atoms with Crippen LogP contribution in [0.1, 0.15) is 22.4 Å². The van der Waals surface area contributed by atoms with Crippen molar-refractivity contribution in [1.82, 2.24) is 19.7 Å². The molecule has 35 heavy (non-hydrogen) atoms. The van der Waals surface area contributed by atoms with Gasteiger partial charge in [-0.1, -0.05) is 103 Å². The summed E-state index contributed by atoms with van der Waals surface area (Å²) in [5, 5.41) is 6.58. The first-order chi connectivity index (χ1) is 17.0. The van der Waals surface area contributed by atoms with Crippen LogP contribution in [-0.4, -0.2) is 33.8 Å². The highest BCUT2D eigenvalue weighted by Gasteiger charge is 2.41. The van der Waals surface area contributed by atoms with E-state index >= 15 is 0 Å². The predicted molar refractivity (Wildman–Crippen MR) is 153 cm³/mol. The lowest BCUT2D eigenvalue weighted by Gasteiger charge is -2.37. The van der Waals surface area contributed by atoms with E-state index in [1.165, 1.54) is 0 Å². The Kier molecular flexibility index (Phi) is 6.62. The van der Waals surface area contributed by atoms with Crippen molar-refractivity contribution in [3.63, 3.8) is 0 Å². The van der Waals surface area contributed by atoms with Crippen LogP contribution in [0.5, 0.6) is 0 Å². The highest BCUT2D eigenvalue weighted by Crippen LogP contribution is 2.43. The maximum Gasteiger partial charge on any atom is 0.138 e. The first-order valence-electron chi connectivity index (χ1n) is 11.3. The molecule has 0 N–H and O–H groups in total. The minimum atomic E-state index is -0.724. The average molecular weight is 591 g/mol. The topological polar surface area (TPSA) is 34.0 Å². The number of hydrogen-bond donors (Lipinski definition) is 0. The summed E-state index contributed by atoms with van der Waals surface area (Å²) in [4.78, 5) is 6.62. The quantitative estimate of drug-likeness (QED) is 0.121. The van der Waals surface area contributed by atoms with Crippen molar-refractivity contribution in [1.29, 1.82) is 0 Å². The smallest absolute Gasteiger partial charge is 0.138 e. The van der Waals surface area contributed by atoms with E-state index in [-0.39, 0.29) is 0 Å². The van der Waals surface area contributed by atoms with Crippen LogP contribution in [0.15, 0.2) is 103 Å². The Balaban J connectivity index is 1.95. The monoisotopic (exact) mass is 590 g/mol. The van der Waals surface area contributed by atoms with Gasteiger partial charge in [0.25, 0.3) is 0 Å². The van der Waals surface area contributed by atoms with Crippen LogP contribution >= 0.6 is 34.2 Å². The van der Waals surface area contributed by atoms with E-state index in [0.29, 0.717) is 5.15 Å². The van der Waals surface area contributed by atoms with Gasteiger partial charge in [-0.05, 0) is 45.4 Å². The van der Waals surface area contributed by atoms with Crippen molar-refractivity contribution < 1.29 is 0 Å². The van der Waals surface area contributed by atoms with Crippen molar-refractivity contribution in [2.45, 2.75) is 5.54 Å². The van der Waals surface area contributed by atoms with Crippen LogP contribution in [-0.2, 0) is 5.54 Å². The number of aromatic nitrogens is 3. The van der Waals surface area contributed by atoms with Crippen molar-refractivity contribution in [2.24, 2.45) is 0 Å². The molecule has 0 atom stereocenters. The molecule has 0 saturated heterocycles. The Morgan fingerprint density at radius 2 is 1.31 bits per heavy atom. The van der Waals surface area contributed by atoms with Crippen LogP contribution in [0.2, 0.25) is 5.15 Å². The molecular formula is C29H24ClIN4. The Hall–Kier alpha value is -3.16. The number of rotatable bonds is 6. The number of nitrogens with zero attached hydrogens (tertiary/aromatic N) is 4. The number of hydrogen-bond acceptors (Lipinski definition) is 3. The third-order valence-corrected chi connectivity index (χ3v) is 6.99. The van der Waals surface area contributed by atoms with Gasteiger partial charge >= 0.3 is 0 Å². The van der Waals surface area contributed by atoms with Crippen molar-refractivity contribution in [3.8, 4) is 0 Å². The second-order valence-electron chi connectivity index (χ2n) is 8.51. The van der Waals surface area contributed by atoms with Gasteiger partial charge < -0.3 is 4.90 Å². The average Bonchev–Trinajstić information content (AvgIpc) is 3.21. The standard InChI is InChI=1S/C29H24ClIN4/c1-34(2)19-18-24-27-25(20-26(30)32-24)35(33-28(27)31)29(21-12-6-3-7-13-21,22-14-8-4-9-15-22)23-16-10-5-11-17-23/h3-20H,1-2H3. The molecule has 6 heteroatoms. The van der Waals surface area contributed by atoms with Gasteiger partial charge in [0.1, 0.15) is 14.4 Å². The molecule has 0 aliphatic carbocycles. The van der Waals surface area contributed by atoms with Gasteiger partial charge in [-0.3, -0.25) is 0 Å². The van der Waals surface area contributed by atoms with Crippen LogP contribution in [0.4, 0.5) is 0 Å².